The van der Waals surface area contributed by atoms with E-state index >= 15 is 0 Å². The Bertz CT molecular complexity index is 1520. The molecule has 3 aromatic rings. The summed E-state index contributed by atoms with van der Waals surface area (Å²) in [6, 6.07) is 3.33. The predicted octanol–water partition coefficient (Wildman–Crippen LogP) is 4.00. The lowest BCUT2D eigenvalue weighted by Gasteiger charge is -2.39. The van der Waals surface area contributed by atoms with Crippen LogP contribution in [-0.4, -0.2) is 85.0 Å². The van der Waals surface area contributed by atoms with E-state index in [0.29, 0.717) is 66.1 Å². The Morgan fingerprint density at radius 1 is 1.14 bits per heavy atom. The highest BCUT2D eigenvalue weighted by Gasteiger charge is 2.28. The van der Waals surface area contributed by atoms with E-state index in [1.165, 1.54) is 20.3 Å². The number of benzene rings is 1. The van der Waals surface area contributed by atoms with Gasteiger partial charge < -0.3 is 24.8 Å². The number of carbonyl (C=O) groups is 1. The molecule has 13 heteroatoms. The van der Waals surface area contributed by atoms with E-state index in [9.17, 15) is 9.59 Å². The van der Waals surface area contributed by atoms with Crippen LogP contribution in [0.2, 0.25) is 10.0 Å². The molecule has 43 heavy (non-hydrogen) atoms. The van der Waals surface area contributed by atoms with Gasteiger partial charge >= 0.3 is 0 Å². The van der Waals surface area contributed by atoms with Crippen LogP contribution in [0.15, 0.2) is 35.8 Å². The molecule has 0 bridgehead atoms. The van der Waals surface area contributed by atoms with Crippen molar-refractivity contribution in [1.29, 1.82) is 0 Å². The van der Waals surface area contributed by atoms with Crippen molar-refractivity contribution in [2.75, 3.05) is 58.9 Å². The Labute approximate surface area is 260 Å². The summed E-state index contributed by atoms with van der Waals surface area (Å²) in [5.74, 6) is 1.52. The minimum atomic E-state index is -0.310. The van der Waals surface area contributed by atoms with Crippen molar-refractivity contribution >= 4 is 46.1 Å². The number of pyridine rings is 1. The van der Waals surface area contributed by atoms with Crippen molar-refractivity contribution < 1.29 is 19.0 Å². The highest BCUT2D eigenvalue weighted by atomic mass is 35.5. The molecule has 2 saturated heterocycles. The van der Waals surface area contributed by atoms with Crippen LogP contribution >= 0.6 is 23.2 Å². The number of anilines is 1. The fourth-order valence-corrected chi connectivity index (χ4v) is 6.23. The van der Waals surface area contributed by atoms with Gasteiger partial charge in [0.05, 0.1) is 35.9 Å². The minimum Gasteiger partial charge on any atom is -0.495 e. The van der Waals surface area contributed by atoms with E-state index < -0.39 is 0 Å². The molecule has 5 rings (SSSR count). The first-order chi connectivity index (χ1) is 20.8. The first-order valence-corrected chi connectivity index (χ1v) is 15.1. The Morgan fingerprint density at radius 2 is 1.84 bits per heavy atom. The summed E-state index contributed by atoms with van der Waals surface area (Å²) in [5, 5.41) is 7.28. The smallest absolute Gasteiger partial charge is 0.260 e. The second kappa shape index (κ2) is 13.9. The maximum absolute atomic E-state index is 14.2. The number of rotatable bonds is 12. The Balaban J connectivity index is 1.47. The number of likely N-dealkylation sites (tertiary alicyclic amines) is 1. The monoisotopic (exact) mass is 630 g/mol. The number of hydrogen-bond donors (Lipinski definition) is 2. The molecule has 2 aliphatic rings. The number of hydrogen-bond acceptors (Lipinski definition) is 9. The van der Waals surface area contributed by atoms with Crippen molar-refractivity contribution in [2.45, 2.75) is 31.8 Å². The molecule has 0 radical (unpaired) electrons. The first-order valence-electron chi connectivity index (χ1n) is 14.3. The van der Waals surface area contributed by atoms with E-state index in [1.807, 2.05) is 0 Å². The molecule has 2 fully saturated rings. The van der Waals surface area contributed by atoms with Gasteiger partial charge in [-0.1, -0.05) is 29.8 Å². The van der Waals surface area contributed by atoms with Crippen molar-refractivity contribution in [2.24, 2.45) is 5.92 Å². The topological polar surface area (TPSA) is 120 Å². The van der Waals surface area contributed by atoms with Crippen LogP contribution in [0.4, 0.5) is 5.95 Å². The molecule has 0 spiro atoms. The van der Waals surface area contributed by atoms with Gasteiger partial charge in [0.15, 0.2) is 0 Å². The molecular formula is C30H36Cl2N6O5. The maximum Gasteiger partial charge on any atom is 0.260 e. The van der Waals surface area contributed by atoms with Gasteiger partial charge in [-0.05, 0) is 37.3 Å². The molecular weight excluding hydrogens is 595 g/mol. The lowest BCUT2D eigenvalue weighted by Crippen LogP contribution is -2.59. The van der Waals surface area contributed by atoms with Gasteiger partial charge in [0.25, 0.3) is 5.56 Å². The summed E-state index contributed by atoms with van der Waals surface area (Å²) in [5.41, 5.74) is 0.783. The summed E-state index contributed by atoms with van der Waals surface area (Å²) >= 11 is 13.4. The summed E-state index contributed by atoms with van der Waals surface area (Å²) in [4.78, 5) is 37.3. The van der Waals surface area contributed by atoms with Gasteiger partial charge in [0, 0.05) is 69.2 Å². The standard InChI is InChI=1S/C30H36Cl2N6O5/c1-4-24(39)35-20-16-37(17-20)9-10-38-28-19(15-34-30(36-28)33-8-5-18-6-11-43-12-7-18)13-21(29(38)40)25-26(31)22(41-2)14-23(42-3)27(25)32/h4,13-15,18,20H,1,5-12,16-17H2,2-3H3,(H,35,39)(H,33,34,36). The molecule has 1 aromatic carbocycles. The van der Waals surface area contributed by atoms with Crippen molar-refractivity contribution in [3.05, 3.63) is 51.4 Å². The molecule has 11 nitrogen and oxygen atoms in total. The van der Waals surface area contributed by atoms with Gasteiger partial charge in [-0.3, -0.25) is 19.1 Å². The van der Waals surface area contributed by atoms with Crippen LogP contribution in [0.1, 0.15) is 19.3 Å². The zero-order valence-electron chi connectivity index (χ0n) is 24.3. The van der Waals surface area contributed by atoms with E-state index in [-0.39, 0.29) is 33.1 Å². The number of methoxy groups -OCH3 is 2. The zero-order valence-corrected chi connectivity index (χ0v) is 25.8. The van der Waals surface area contributed by atoms with E-state index in [2.05, 4.69) is 27.1 Å². The fourth-order valence-electron chi connectivity index (χ4n) is 5.52. The Hall–Kier alpha value is -3.38. The fraction of sp³-hybridized carbons (Fsp3) is 0.467. The second-order valence-electron chi connectivity index (χ2n) is 10.7. The summed E-state index contributed by atoms with van der Waals surface area (Å²) in [6.07, 6.45) is 6.05. The van der Waals surface area contributed by atoms with Crippen LogP contribution in [-0.2, 0) is 16.1 Å². The third-order valence-corrected chi connectivity index (χ3v) is 8.73. The normalized spacial score (nSPS) is 16.1. The molecule has 4 heterocycles. The van der Waals surface area contributed by atoms with Gasteiger partial charge in [-0.15, -0.1) is 0 Å². The van der Waals surface area contributed by atoms with Gasteiger partial charge in [-0.2, -0.15) is 4.98 Å². The molecule has 0 unspecified atom stereocenters. The van der Waals surface area contributed by atoms with E-state index in [1.54, 1.807) is 22.9 Å². The number of amides is 1. The average Bonchev–Trinajstić information content (AvgIpc) is 3.00. The van der Waals surface area contributed by atoms with Crippen LogP contribution in [0, 0.1) is 5.92 Å². The molecule has 2 aliphatic heterocycles. The van der Waals surface area contributed by atoms with E-state index in [4.69, 9.17) is 42.4 Å². The van der Waals surface area contributed by atoms with Gasteiger partial charge in [0.1, 0.15) is 17.1 Å². The number of nitrogens with zero attached hydrogens (tertiary/aromatic N) is 4. The van der Waals surface area contributed by atoms with Gasteiger partial charge in [0.2, 0.25) is 11.9 Å². The van der Waals surface area contributed by atoms with Crippen molar-refractivity contribution in [3.63, 3.8) is 0 Å². The van der Waals surface area contributed by atoms with Gasteiger partial charge in [-0.25, -0.2) is 4.98 Å². The molecule has 1 amide bonds. The predicted molar refractivity (Wildman–Crippen MR) is 168 cm³/mol. The van der Waals surface area contributed by atoms with E-state index in [0.717, 1.165) is 39.0 Å². The number of halogens is 2. The summed E-state index contributed by atoms with van der Waals surface area (Å²) in [7, 11) is 2.97. The molecule has 2 N–H and O–H groups in total. The molecule has 0 saturated carbocycles. The van der Waals surface area contributed by atoms with Crippen LogP contribution in [0.3, 0.4) is 0 Å². The maximum atomic E-state index is 14.2. The van der Waals surface area contributed by atoms with Crippen LogP contribution in [0.25, 0.3) is 22.2 Å². The van der Waals surface area contributed by atoms with Crippen molar-refractivity contribution in [3.8, 4) is 22.6 Å². The highest BCUT2D eigenvalue weighted by Crippen LogP contribution is 2.45. The van der Waals surface area contributed by atoms with Crippen LogP contribution < -0.4 is 25.7 Å². The lowest BCUT2D eigenvalue weighted by molar-refractivity contribution is -0.118. The average molecular weight is 632 g/mol. The second-order valence-corrected chi connectivity index (χ2v) is 11.5. The Morgan fingerprint density at radius 3 is 2.49 bits per heavy atom. The number of carbonyl (C=O) groups excluding carboxylic acids is 1. The van der Waals surface area contributed by atoms with Crippen LogP contribution in [0.5, 0.6) is 11.5 Å². The zero-order chi connectivity index (χ0) is 30.5. The summed E-state index contributed by atoms with van der Waals surface area (Å²) < 4.78 is 18.0. The number of fused-ring (bicyclic) bond motifs is 1. The quantitative estimate of drug-likeness (QED) is 0.286. The third-order valence-electron chi connectivity index (χ3n) is 7.98. The highest BCUT2D eigenvalue weighted by molar-refractivity contribution is 6.41. The Kier molecular flexibility index (Phi) is 10.1. The number of ether oxygens (including phenoxy) is 3. The third kappa shape index (κ3) is 6.90. The SMILES string of the molecule is C=CC(=O)NC1CN(CCn2c(=O)c(-c3c(Cl)c(OC)cc(OC)c3Cl)cc3cnc(NCCC4CCOCC4)nc32)C1. The molecule has 0 aliphatic carbocycles. The molecule has 230 valence electrons. The number of nitrogens with one attached hydrogen (secondary N) is 2. The summed E-state index contributed by atoms with van der Waals surface area (Å²) in [6.45, 7) is 8.09. The largest absolute Gasteiger partial charge is 0.495 e. The van der Waals surface area contributed by atoms with Crippen molar-refractivity contribution in [1.82, 2.24) is 24.8 Å². The molecule has 2 aromatic heterocycles. The minimum absolute atomic E-state index is 0.0426. The first kappa shape index (κ1) is 31.1. The molecule has 0 atom stereocenters. The number of aromatic nitrogens is 3. The lowest BCUT2D eigenvalue weighted by atomic mass is 9.97.